The molecule has 5 N–H and O–H groups in total. The molecule has 3 heterocycles. The molecule has 19 nitrogen and oxygen atoms in total. The minimum absolute atomic E-state index is 0.00908. The first kappa shape index (κ1) is 54.2. The fraction of sp³-hybridized carbons (Fsp3) is 0.208. The first-order chi connectivity index (χ1) is 34.7. The van der Waals surface area contributed by atoms with Gasteiger partial charge >= 0.3 is 18.2 Å². The molecule has 3 aromatic heterocycles. The number of carbonyl (C=O) groups excluding carboxylic acids is 4. The van der Waals surface area contributed by atoms with Crippen LogP contribution in [0.5, 0.6) is 11.5 Å². The molecule has 0 saturated carbocycles. The van der Waals surface area contributed by atoms with E-state index in [-0.39, 0.29) is 38.1 Å². The lowest BCUT2D eigenvalue weighted by atomic mass is 10.2. The number of nitrogens with one attached hydrogen (secondary N) is 4. The molecule has 0 atom stereocenters. The van der Waals surface area contributed by atoms with E-state index in [4.69, 9.17) is 47.3 Å². The zero-order valence-corrected chi connectivity index (χ0v) is 42.9. The summed E-state index contributed by atoms with van der Waals surface area (Å²) in [6, 6.07) is 30.6. The van der Waals surface area contributed by atoms with Crippen LogP contribution in [0.1, 0.15) is 35.3 Å². The van der Waals surface area contributed by atoms with E-state index >= 15 is 0 Å². The van der Waals surface area contributed by atoms with Crippen LogP contribution in [0, 0.1) is 0 Å². The molecule has 5 aromatic carbocycles. The zero-order valence-electron chi connectivity index (χ0n) is 39.0. The number of carboxylic acids is 1. The summed E-state index contributed by atoms with van der Waals surface area (Å²) in [6.07, 6.45) is -1.29. The number of benzene rings is 5. The quantitative estimate of drug-likeness (QED) is 0.0534. The summed E-state index contributed by atoms with van der Waals surface area (Å²) in [5.41, 5.74) is 12.0. The van der Waals surface area contributed by atoms with Crippen LogP contribution in [0.25, 0.3) is 30.6 Å². The molecule has 72 heavy (non-hydrogen) atoms. The number of aromatic carboxylic acids is 1. The van der Waals surface area contributed by atoms with Gasteiger partial charge in [-0.3, -0.25) is 30.2 Å². The van der Waals surface area contributed by atoms with Crippen molar-refractivity contribution in [3.63, 3.8) is 0 Å². The van der Waals surface area contributed by atoms with E-state index in [0.29, 0.717) is 56.0 Å². The van der Waals surface area contributed by atoms with Crippen molar-refractivity contribution in [2.75, 3.05) is 51.2 Å². The third kappa shape index (κ3) is 15.9. The van der Waals surface area contributed by atoms with Crippen LogP contribution in [0.15, 0.2) is 109 Å². The van der Waals surface area contributed by atoms with E-state index in [1.165, 1.54) is 57.9 Å². The Labute approximate surface area is 434 Å². The van der Waals surface area contributed by atoms with Crippen LogP contribution >= 0.6 is 57.2 Å². The van der Waals surface area contributed by atoms with Crippen molar-refractivity contribution < 1.29 is 48.0 Å². The second-order valence-electron chi connectivity index (χ2n) is 14.7. The number of nitrogens with zero attached hydrogens (tertiary/aromatic N) is 5. The number of halogens is 2. The zero-order chi connectivity index (χ0) is 51.6. The number of aromatic nitrogens is 3. The standard InChI is InChI=1S/2C20H21ClN4O4S.C8H5NO2S/c1-13(26)25(22-12-14-6-3-4-7-15(14)21)10-11-29-20(27)24-19-23-18-16(28-2)8-5-9-17(18)30-19;1-13(26)25(22-12-14-5-3-4-6-16(14)21)9-10-29-20(27)24-19-23-17-8-7-15(28-2)11-18(17)30-19;10-8(11)5-1-2-6-7(3-5)12-4-9-6/h3-9,22H,10-12H2,1-2H3,(H,23,24,27);3-8,11,22H,9-10,12H2,1-2H3,(H,23,24,27);1-4H,(H,10,11). The van der Waals surface area contributed by atoms with E-state index in [9.17, 15) is 24.0 Å². The number of hydrazine groups is 2. The number of anilines is 2. The highest BCUT2D eigenvalue weighted by molar-refractivity contribution is 7.22. The van der Waals surface area contributed by atoms with Crippen LogP contribution < -0.4 is 31.0 Å². The largest absolute Gasteiger partial charge is 0.497 e. The van der Waals surface area contributed by atoms with Crippen molar-refractivity contribution in [1.29, 1.82) is 0 Å². The highest BCUT2D eigenvalue weighted by Gasteiger charge is 2.16. The normalized spacial score (nSPS) is 10.6. The van der Waals surface area contributed by atoms with Crippen molar-refractivity contribution in [2.45, 2.75) is 26.9 Å². The molecule has 8 aromatic rings. The van der Waals surface area contributed by atoms with Crippen LogP contribution in [0.4, 0.5) is 19.9 Å². The predicted octanol–water partition coefficient (Wildman–Crippen LogP) is 10.1. The van der Waals surface area contributed by atoms with Crippen molar-refractivity contribution in [2.24, 2.45) is 0 Å². The molecule has 0 fully saturated rings. The minimum Gasteiger partial charge on any atom is -0.497 e. The van der Waals surface area contributed by atoms with Gasteiger partial charge in [0.2, 0.25) is 11.8 Å². The van der Waals surface area contributed by atoms with Gasteiger partial charge in [-0.1, -0.05) is 88.3 Å². The highest BCUT2D eigenvalue weighted by atomic mass is 35.5. The number of hydrogen-bond acceptors (Lipinski definition) is 17. The molecule has 24 heteroatoms. The molecule has 0 radical (unpaired) electrons. The Balaban J connectivity index is 0.000000191. The van der Waals surface area contributed by atoms with Gasteiger partial charge in [0.1, 0.15) is 30.2 Å². The summed E-state index contributed by atoms with van der Waals surface area (Å²) >= 11 is 16.3. The molecule has 0 saturated heterocycles. The van der Waals surface area contributed by atoms with Crippen molar-refractivity contribution in [3.8, 4) is 11.5 Å². The molecule has 4 amide bonds. The third-order valence-electron chi connectivity index (χ3n) is 9.89. The topological polar surface area (TPSA) is 236 Å². The lowest BCUT2D eigenvalue weighted by molar-refractivity contribution is -0.133. The molecule has 0 unspecified atom stereocenters. The molecule has 0 aliphatic heterocycles. The number of rotatable bonds is 17. The van der Waals surface area contributed by atoms with E-state index < -0.39 is 18.2 Å². The molecular weight excluding hydrogens is 1030 g/mol. The van der Waals surface area contributed by atoms with Gasteiger partial charge in [0, 0.05) is 37.0 Å². The number of carbonyl (C=O) groups is 5. The van der Waals surface area contributed by atoms with Gasteiger partial charge in [-0.15, -0.1) is 11.3 Å². The van der Waals surface area contributed by atoms with Crippen LogP contribution in [0.3, 0.4) is 0 Å². The van der Waals surface area contributed by atoms with Crippen molar-refractivity contribution in [3.05, 3.63) is 135 Å². The number of methoxy groups -OCH3 is 2. The number of para-hydroxylation sites is 1. The lowest BCUT2D eigenvalue weighted by Gasteiger charge is -2.22. The van der Waals surface area contributed by atoms with Crippen molar-refractivity contribution >= 4 is 128 Å². The predicted molar refractivity (Wildman–Crippen MR) is 280 cm³/mol. The fourth-order valence-corrected chi connectivity index (χ4v) is 9.13. The second-order valence-corrected chi connectivity index (χ2v) is 18.5. The monoisotopic (exact) mass is 1080 g/mol. The van der Waals surface area contributed by atoms with E-state index in [1.54, 1.807) is 62.2 Å². The molecule has 8 rings (SSSR count). The average Bonchev–Trinajstić information content (AvgIpc) is 4.12. The Bertz CT molecular complexity index is 3150. The Morgan fingerprint density at radius 1 is 0.639 bits per heavy atom. The first-order valence-electron chi connectivity index (χ1n) is 21.5. The van der Waals surface area contributed by atoms with Crippen LogP contribution in [-0.4, -0.2) is 101 Å². The summed E-state index contributed by atoms with van der Waals surface area (Å²) in [7, 11) is 3.16. The summed E-state index contributed by atoms with van der Waals surface area (Å²) in [6.45, 7) is 3.99. The minimum atomic E-state index is -0.898. The van der Waals surface area contributed by atoms with Gasteiger partial charge in [0.25, 0.3) is 0 Å². The Hall–Kier alpha value is -7.18. The van der Waals surface area contributed by atoms with Gasteiger partial charge in [0.15, 0.2) is 10.3 Å². The van der Waals surface area contributed by atoms with Crippen molar-refractivity contribution in [1.82, 2.24) is 35.8 Å². The number of thiazole rings is 3. The fourth-order valence-electron chi connectivity index (χ4n) is 6.26. The summed E-state index contributed by atoms with van der Waals surface area (Å²) in [4.78, 5) is 71.1. The number of carboxylic acid groups (broad SMARTS) is 1. The van der Waals surface area contributed by atoms with Crippen LogP contribution in [-0.2, 0) is 32.2 Å². The maximum Gasteiger partial charge on any atom is 0.413 e. The number of amides is 4. The Morgan fingerprint density at radius 3 is 1.76 bits per heavy atom. The summed E-state index contributed by atoms with van der Waals surface area (Å²) in [5, 5.41) is 18.7. The number of hydrogen-bond donors (Lipinski definition) is 5. The number of ether oxygens (including phenoxy) is 4. The van der Waals surface area contributed by atoms with E-state index in [0.717, 1.165) is 36.3 Å². The maximum atomic E-state index is 12.1. The molecular formula is C48H47Cl2N9O10S3. The second kappa shape index (κ2) is 26.9. The van der Waals surface area contributed by atoms with Gasteiger partial charge in [-0.2, -0.15) is 0 Å². The first-order valence-corrected chi connectivity index (χ1v) is 24.8. The Morgan fingerprint density at radius 2 is 1.21 bits per heavy atom. The molecule has 0 aliphatic carbocycles. The Kier molecular flexibility index (Phi) is 20.2. The molecule has 0 spiro atoms. The molecule has 376 valence electrons. The van der Waals surface area contributed by atoms with Crippen LogP contribution in [0.2, 0.25) is 10.0 Å². The van der Waals surface area contributed by atoms with Gasteiger partial charge in [-0.25, -0.2) is 40.2 Å². The summed E-state index contributed by atoms with van der Waals surface area (Å²) in [5.74, 6) is 0.0431. The van der Waals surface area contributed by atoms with Gasteiger partial charge in [-0.05, 0) is 71.8 Å². The van der Waals surface area contributed by atoms with E-state index in [1.807, 2.05) is 60.7 Å². The average molecular weight is 1080 g/mol. The molecule has 0 aliphatic rings. The number of fused-ring (bicyclic) bond motifs is 3. The van der Waals surface area contributed by atoms with Gasteiger partial charge < -0.3 is 24.1 Å². The molecule has 0 bridgehead atoms. The SMILES string of the molecule is COc1ccc2nc(NC(=O)OCCN(NCc3ccccc3Cl)C(C)=O)sc2c1.COc1cccc2sc(NC(=O)OCCN(NCc3ccccc3Cl)C(C)=O)nc12.O=C(O)c1ccc2ncsc2c1. The highest BCUT2D eigenvalue weighted by Crippen LogP contribution is 2.32. The van der Waals surface area contributed by atoms with Gasteiger partial charge in [0.05, 0.1) is 63.5 Å². The summed E-state index contributed by atoms with van der Waals surface area (Å²) < 4.78 is 23.5. The smallest absolute Gasteiger partial charge is 0.413 e. The lowest BCUT2D eigenvalue weighted by Crippen LogP contribution is -2.43. The maximum absolute atomic E-state index is 12.1. The van der Waals surface area contributed by atoms with E-state index in [2.05, 4.69) is 36.4 Å². The third-order valence-corrected chi connectivity index (χ3v) is 13.3.